The zero-order valence-electron chi connectivity index (χ0n) is 11.0. The van der Waals surface area contributed by atoms with Crippen LogP contribution in [-0.2, 0) is 16.4 Å². The second kappa shape index (κ2) is 4.75. The molecule has 2 heterocycles. The van der Waals surface area contributed by atoms with Gasteiger partial charge in [0.15, 0.2) is 5.69 Å². The molecule has 0 radical (unpaired) electrons. The van der Waals surface area contributed by atoms with Gasteiger partial charge in [0.2, 0.25) is 0 Å². The molecule has 21 heavy (non-hydrogen) atoms. The molecular formula is C14H12N4O2S. The van der Waals surface area contributed by atoms with Crippen LogP contribution in [0.5, 0.6) is 0 Å². The number of nitrogens with zero attached hydrogens (tertiary/aromatic N) is 3. The van der Waals surface area contributed by atoms with E-state index in [0.29, 0.717) is 24.3 Å². The number of benzene rings is 1. The van der Waals surface area contributed by atoms with Gasteiger partial charge in [0, 0.05) is 12.7 Å². The number of pyridine rings is 1. The lowest BCUT2D eigenvalue weighted by Gasteiger charge is -2.21. The van der Waals surface area contributed by atoms with Crippen molar-refractivity contribution in [3.05, 3.63) is 47.8 Å². The molecule has 0 spiro atoms. The maximum Gasteiger partial charge on any atom is 0.267 e. The lowest BCUT2D eigenvalue weighted by atomic mass is 10.1. The first kappa shape index (κ1) is 13.4. The Labute approximate surface area is 122 Å². The van der Waals surface area contributed by atoms with Gasteiger partial charge in [0.25, 0.3) is 10.0 Å². The molecule has 1 aromatic heterocycles. The molecule has 0 saturated heterocycles. The minimum absolute atomic E-state index is 0.0939. The summed E-state index contributed by atoms with van der Waals surface area (Å²) in [4.78, 5) is 3.72. The van der Waals surface area contributed by atoms with Gasteiger partial charge in [-0.15, -0.1) is 0 Å². The number of nitriles is 1. The molecule has 0 fully saturated rings. The summed E-state index contributed by atoms with van der Waals surface area (Å²) in [5, 5.41) is 9.05. The fraction of sp³-hybridized carbons (Fsp3) is 0.143. The average Bonchev–Trinajstić information content (AvgIpc) is 2.93. The van der Waals surface area contributed by atoms with E-state index < -0.39 is 10.0 Å². The fourth-order valence-corrected chi connectivity index (χ4v) is 4.12. The number of rotatable bonds is 2. The topological polar surface area (TPSA) is 100 Å². The number of sulfonamides is 1. The molecular weight excluding hydrogens is 288 g/mol. The third-order valence-corrected chi connectivity index (χ3v) is 5.26. The third kappa shape index (κ3) is 2.00. The van der Waals surface area contributed by atoms with Gasteiger partial charge in [0.05, 0.1) is 11.4 Å². The molecule has 2 N–H and O–H groups in total. The monoisotopic (exact) mass is 300 g/mol. The number of hydrogen-bond donors (Lipinski definition) is 1. The zero-order valence-corrected chi connectivity index (χ0v) is 11.8. The normalized spacial score (nSPS) is 13.8. The van der Waals surface area contributed by atoms with E-state index in [1.807, 2.05) is 12.1 Å². The number of fused-ring (bicyclic) bond motifs is 1. The van der Waals surface area contributed by atoms with Crippen LogP contribution in [0.1, 0.15) is 11.3 Å². The van der Waals surface area contributed by atoms with Crippen molar-refractivity contribution in [1.29, 1.82) is 5.26 Å². The number of aromatic nitrogens is 1. The van der Waals surface area contributed by atoms with Crippen molar-refractivity contribution in [1.82, 2.24) is 4.98 Å². The van der Waals surface area contributed by atoms with Crippen molar-refractivity contribution in [2.75, 3.05) is 16.6 Å². The largest absolute Gasteiger partial charge is 0.397 e. The molecule has 106 valence electrons. The third-order valence-electron chi connectivity index (χ3n) is 3.43. The van der Waals surface area contributed by atoms with Crippen LogP contribution >= 0.6 is 0 Å². The van der Waals surface area contributed by atoms with E-state index in [1.54, 1.807) is 12.1 Å². The maximum atomic E-state index is 12.8. The van der Waals surface area contributed by atoms with Crippen LogP contribution in [0.15, 0.2) is 41.4 Å². The highest BCUT2D eigenvalue weighted by Gasteiger charge is 2.34. The molecule has 1 aliphatic rings. The summed E-state index contributed by atoms with van der Waals surface area (Å²) in [5.41, 5.74) is 7.62. The maximum absolute atomic E-state index is 12.8. The van der Waals surface area contributed by atoms with E-state index in [-0.39, 0.29) is 10.6 Å². The van der Waals surface area contributed by atoms with E-state index in [4.69, 9.17) is 11.0 Å². The van der Waals surface area contributed by atoms with Crippen molar-refractivity contribution < 1.29 is 8.42 Å². The lowest BCUT2D eigenvalue weighted by molar-refractivity contribution is 0.591. The van der Waals surface area contributed by atoms with Crippen LogP contribution in [-0.4, -0.2) is 19.9 Å². The quantitative estimate of drug-likeness (QED) is 0.842. The van der Waals surface area contributed by atoms with Crippen molar-refractivity contribution in [3.63, 3.8) is 0 Å². The van der Waals surface area contributed by atoms with Gasteiger partial charge in [-0.05, 0) is 30.2 Å². The summed E-state index contributed by atoms with van der Waals surface area (Å²) in [6.07, 6.45) is 1.99. The fourth-order valence-electron chi connectivity index (χ4n) is 2.49. The van der Waals surface area contributed by atoms with Crippen LogP contribution in [0.3, 0.4) is 0 Å². The Morgan fingerprint density at radius 1 is 1.29 bits per heavy atom. The minimum Gasteiger partial charge on any atom is -0.397 e. The predicted molar refractivity (Wildman–Crippen MR) is 78.0 cm³/mol. The number of hydrogen-bond acceptors (Lipinski definition) is 5. The van der Waals surface area contributed by atoms with E-state index in [0.717, 1.165) is 5.56 Å². The summed E-state index contributed by atoms with van der Waals surface area (Å²) in [6.45, 7) is 0.311. The Hall–Kier alpha value is -2.59. The first-order chi connectivity index (χ1) is 10.1. The standard InChI is InChI=1S/C14H12N4O2S/c15-9-12-13(5-2-7-17-12)21(19,20)18-8-6-10-3-1-4-11(16)14(10)18/h1-5,7H,6,8,16H2. The Morgan fingerprint density at radius 2 is 2.10 bits per heavy atom. The van der Waals surface area contributed by atoms with Gasteiger partial charge in [-0.2, -0.15) is 5.26 Å². The summed E-state index contributed by atoms with van der Waals surface area (Å²) in [5.74, 6) is 0. The number of anilines is 2. The van der Waals surface area contributed by atoms with Crippen LogP contribution in [0.4, 0.5) is 11.4 Å². The van der Waals surface area contributed by atoms with Crippen molar-refractivity contribution in [3.8, 4) is 6.07 Å². The molecule has 0 unspecified atom stereocenters. The minimum atomic E-state index is -3.85. The Kier molecular flexibility index (Phi) is 3.03. The summed E-state index contributed by atoms with van der Waals surface area (Å²) < 4.78 is 26.9. The number of para-hydroxylation sites is 1. The lowest BCUT2D eigenvalue weighted by Crippen LogP contribution is -2.30. The highest BCUT2D eigenvalue weighted by atomic mass is 32.2. The van der Waals surface area contributed by atoms with Crippen molar-refractivity contribution >= 4 is 21.4 Å². The highest BCUT2D eigenvalue weighted by molar-refractivity contribution is 7.93. The molecule has 1 aromatic carbocycles. The number of nitrogen functional groups attached to an aromatic ring is 1. The van der Waals surface area contributed by atoms with Gasteiger partial charge in [-0.25, -0.2) is 13.4 Å². The van der Waals surface area contributed by atoms with Gasteiger partial charge < -0.3 is 5.73 Å². The summed E-state index contributed by atoms with van der Waals surface area (Å²) >= 11 is 0. The molecule has 7 heteroatoms. The van der Waals surface area contributed by atoms with Gasteiger partial charge >= 0.3 is 0 Å². The van der Waals surface area contributed by atoms with Crippen LogP contribution < -0.4 is 10.0 Å². The Bertz CT molecular complexity index is 856. The molecule has 3 rings (SSSR count). The van der Waals surface area contributed by atoms with Crippen molar-refractivity contribution in [2.45, 2.75) is 11.3 Å². The van der Waals surface area contributed by atoms with Crippen LogP contribution in [0, 0.1) is 11.3 Å². The summed E-state index contributed by atoms with van der Waals surface area (Å²) in [7, 11) is -3.85. The van der Waals surface area contributed by atoms with E-state index in [9.17, 15) is 8.42 Å². The second-order valence-electron chi connectivity index (χ2n) is 4.64. The van der Waals surface area contributed by atoms with Crippen LogP contribution in [0.25, 0.3) is 0 Å². The first-order valence-electron chi connectivity index (χ1n) is 6.31. The van der Waals surface area contributed by atoms with Gasteiger partial charge in [-0.1, -0.05) is 12.1 Å². The van der Waals surface area contributed by atoms with Gasteiger partial charge in [-0.3, -0.25) is 4.31 Å². The second-order valence-corrected chi connectivity index (χ2v) is 6.47. The molecule has 1 aliphatic heterocycles. The van der Waals surface area contributed by atoms with Gasteiger partial charge in [0.1, 0.15) is 11.0 Å². The number of nitrogens with two attached hydrogens (primary N) is 1. The molecule has 0 aliphatic carbocycles. The highest BCUT2D eigenvalue weighted by Crippen LogP contribution is 2.37. The smallest absolute Gasteiger partial charge is 0.267 e. The van der Waals surface area contributed by atoms with Crippen molar-refractivity contribution in [2.24, 2.45) is 0 Å². The van der Waals surface area contributed by atoms with Crippen LogP contribution in [0.2, 0.25) is 0 Å². The molecule has 6 nitrogen and oxygen atoms in total. The first-order valence-corrected chi connectivity index (χ1v) is 7.75. The molecule has 2 aromatic rings. The molecule has 0 bridgehead atoms. The SMILES string of the molecule is N#Cc1ncccc1S(=O)(=O)N1CCc2cccc(N)c21. The van der Waals surface area contributed by atoms with E-state index in [2.05, 4.69) is 4.98 Å². The van der Waals surface area contributed by atoms with E-state index >= 15 is 0 Å². The Morgan fingerprint density at radius 3 is 2.86 bits per heavy atom. The predicted octanol–water partition coefficient (Wildman–Crippen LogP) is 1.29. The molecule has 0 amide bonds. The molecule has 0 atom stereocenters. The average molecular weight is 300 g/mol. The zero-order chi connectivity index (χ0) is 15.0. The Balaban J connectivity index is 2.17. The van der Waals surface area contributed by atoms with E-state index in [1.165, 1.54) is 22.6 Å². The summed E-state index contributed by atoms with van der Waals surface area (Å²) in [6, 6.07) is 10.0. The molecule has 0 saturated carbocycles.